The van der Waals surface area contributed by atoms with Crippen molar-refractivity contribution in [1.82, 2.24) is 10.2 Å². The van der Waals surface area contributed by atoms with Gasteiger partial charge in [-0.1, -0.05) is 30.3 Å². The summed E-state index contributed by atoms with van der Waals surface area (Å²) in [6.07, 6.45) is 6.22. The van der Waals surface area contributed by atoms with Crippen molar-refractivity contribution in [3.05, 3.63) is 65.5 Å². The molecule has 2 atom stereocenters. The largest absolute Gasteiger partial charge is 0.449 e. The zero-order valence-corrected chi connectivity index (χ0v) is 14.4. The first-order chi connectivity index (χ1) is 12.6. The molecule has 26 heavy (non-hydrogen) atoms. The van der Waals surface area contributed by atoms with E-state index in [2.05, 4.69) is 15.2 Å². The van der Waals surface area contributed by atoms with Crippen molar-refractivity contribution in [2.45, 2.75) is 37.3 Å². The lowest BCUT2D eigenvalue weighted by atomic mass is 9.85. The molecule has 2 heterocycles. The van der Waals surface area contributed by atoms with Gasteiger partial charge in [-0.25, -0.2) is 0 Å². The minimum Gasteiger partial charge on any atom is -0.449 e. The van der Waals surface area contributed by atoms with Crippen molar-refractivity contribution >= 4 is 18.0 Å². The predicted octanol–water partition coefficient (Wildman–Crippen LogP) is 3.00. The molecule has 0 spiro atoms. The van der Waals surface area contributed by atoms with Gasteiger partial charge in [-0.15, -0.1) is 0 Å². The average Bonchev–Trinajstić information content (AvgIpc) is 3.17. The molecule has 0 amide bonds. The van der Waals surface area contributed by atoms with Gasteiger partial charge in [0.25, 0.3) is 0 Å². The van der Waals surface area contributed by atoms with Gasteiger partial charge in [0.05, 0.1) is 0 Å². The second-order valence-corrected chi connectivity index (χ2v) is 6.65. The van der Waals surface area contributed by atoms with E-state index in [1.807, 2.05) is 12.1 Å². The highest BCUT2D eigenvalue weighted by Crippen LogP contribution is 2.42. The molecule has 1 aromatic carbocycles. The third-order valence-corrected chi connectivity index (χ3v) is 4.71. The standard InChI is InChI=1S/C20H19N3O3/c1-13(24)26-18(15-6-3-2-4-7-15)19(25)20(10-5-11-21-20)17-12-16(22-23-17)14-8-9-14/h2-7,10-12,14,18H,8-9H2,1H3,(H,22,23)/t18-,20?/m0/s1. The Morgan fingerprint density at radius 3 is 2.65 bits per heavy atom. The highest BCUT2D eigenvalue weighted by Gasteiger charge is 2.46. The van der Waals surface area contributed by atoms with E-state index in [0.717, 1.165) is 18.5 Å². The van der Waals surface area contributed by atoms with Crippen LogP contribution in [0.4, 0.5) is 0 Å². The number of aromatic nitrogens is 2. The van der Waals surface area contributed by atoms with Crippen molar-refractivity contribution in [2.24, 2.45) is 4.99 Å². The fraction of sp³-hybridized carbons (Fsp3) is 0.300. The van der Waals surface area contributed by atoms with Gasteiger partial charge in [0.15, 0.2) is 11.6 Å². The topological polar surface area (TPSA) is 84.4 Å². The Hall–Kier alpha value is -3.02. The number of carbonyl (C=O) groups is 2. The summed E-state index contributed by atoms with van der Waals surface area (Å²) in [4.78, 5) is 29.6. The van der Waals surface area contributed by atoms with Gasteiger partial charge in [-0.3, -0.25) is 19.7 Å². The molecule has 132 valence electrons. The summed E-state index contributed by atoms with van der Waals surface area (Å²) in [7, 11) is 0. The Balaban J connectivity index is 1.74. The van der Waals surface area contributed by atoms with Crippen molar-refractivity contribution in [1.29, 1.82) is 0 Å². The van der Waals surface area contributed by atoms with Crippen LogP contribution in [0.25, 0.3) is 0 Å². The number of aliphatic imine (C=N–C) groups is 1. The van der Waals surface area contributed by atoms with E-state index in [-0.39, 0.29) is 5.78 Å². The summed E-state index contributed by atoms with van der Waals surface area (Å²) in [6.45, 7) is 1.30. The molecule has 6 heteroatoms. The quantitative estimate of drug-likeness (QED) is 0.813. The van der Waals surface area contributed by atoms with Gasteiger partial charge >= 0.3 is 5.97 Å². The number of ether oxygens (including phenoxy) is 1. The number of allylic oxidation sites excluding steroid dienone is 1. The van der Waals surface area contributed by atoms with E-state index in [9.17, 15) is 9.59 Å². The van der Waals surface area contributed by atoms with E-state index >= 15 is 0 Å². The number of ketones is 1. The molecule has 1 aliphatic carbocycles. The van der Waals surface area contributed by atoms with Gasteiger partial charge in [0.2, 0.25) is 5.78 Å². The Bertz CT molecular complexity index is 882. The highest BCUT2D eigenvalue weighted by molar-refractivity contribution is 6.00. The summed E-state index contributed by atoms with van der Waals surface area (Å²) in [5, 5.41) is 7.38. The lowest BCUT2D eigenvalue weighted by Crippen LogP contribution is -2.37. The fourth-order valence-electron chi connectivity index (χ4n) is 3.21. The van der Waals surface area contributed by atoms with E-state index in [4.69, 9.17) is 4.74 Å². The van der Waals surface area contributed by atoms with Crippen molar-refractivity contribution in [3.8, 4) is 0 Å². The number of nitrogens with zero attached hydrogens (tertiary/aromatic N) is 2. The molecule has 2 aromatic rings. The first kappa shape index (κ1) is 16.4. The van der Waals surface area contributed by atoms with Crippen LogP contribution in [0.1, 0.15) is 48.7 Å². The molecule has 0 bridgehead atoms. The van der Waals surface area contributed by atoms with Crippen LogP contribution >= 0.6 is 0 Å². The molecule has 1 N–H and O–H groups in total. The molecule has 0 saturated heterocycles. The summed E-state index contributed by atoms with van der Waals surface area (Å²) >= 11 is 0. The van der Waals surface area contributed by atoms with Crippen LogP contribution in [0.2, 0.25) is 0 Å². The summed E-state index contributed by atoms with van der Waals surface area (Å²) < 4.78 is 5.39. The molecule has 1 unspecified atom stereocenters. The minimum absolute atomic E-state index is 0.335. The first-order valence-corrected chi connectivity index (χ1v) is 8.65. The Morgan fingerprint density at radius 2 is 2.04 bits per heavy atom. The van der Waals surface area contributed by atoms with Gasteiger partial charge in [0, 0.05) is 30.3 Å². The molecule has 4 rings (SSSR count). The van der Waals surface area contributed by atoms with Crippen LogP contribution in [0.3, 0.4) is 0 Å². The lowest BCUT2D eigenvalue weighted by molar-refractivity contribution is -0.155. The van der Waals surface area contributed by atoms with E-state index in [1.165, 1.54) is 6.92 Å². The second kappa shape index (κ2) is 6.37. The average molecular weight is 349 g/mol. The molecule has 1 saturated carbocycles. The maximum atomic E-state index is 13.5. The zero-order chi connectivity index (χ0) is 18.1. The molecule has 6 nitrogen and oxygen atoms in total. The maximum Gasteiger partial charge on any atom is 0.303 e. The highest BCUT2D eigenvalue weighted by atomic mass is 16.5. The molecule has 1 aromatic heterocycles. The molecule has 1 fully saturated rings. The Labute approximate surface area is 151 Å². The van der Waals surface area contributed by atoms with Crippen LogP contribution in [0.15, 0.2) is 53.5 Å². The van der Waals surface area contributed by atoms with E-state index in [0.29, 0.717) is 17.2 Å². The van der Waals surface area contributed by atoms with Crippen LogP contribution in [0.5, 0.6) is 0 Å². The minimum atomic E-state index is -1.28. The second-order valence-electron chi connectivity index (χ2n) is 6.65. The number of H-pyrrole nitrogens is 1. The number of carbonyl (C=O) groups excluding carboxylic acids is 2. The monoisotopic (exact) mass is 349 g/mol. The summed E-state index contributed by atoms with van der Waals surface area (Å²) in [5.41, 5.74) is 0.883. The number of rotatable bonds is 6. The number of Topliss-reactive ketones (excluding diaryl/α,β-unsaturated/α-hetero) is 1. The van der Waals surface area contributed by atoms with Crippen LogP contribution in [-0.4, -0.2) is 28.2 Å². The lowest BCUT2D eigenvalue weighted by Gasteiger charge is -2.26. The van der Waals surface area contributed by atoms with Crippen molar-refractivity contribution in [3.63, 3.8) is 0 Å². The molecule has 0 radical (unpaired) electrons. The van der Waals surface area contributed by atoms with Gasteiger partial charge < -0.3 is 4.74 Å². The van der Waals surface area contributed by atoms with Crippen molar-refractivity contribution < 1.29 is 14.3 Å². The van der Waals surface area contributed by atoms with Crippen molar-refractivity contribution in [2.75, 3.05) is 0 Å². The Kier molecular flexibility index (Phi) is 4.03. The smallest absolute Gasteiger partial charge is 0.303 e. The Morgan fingerprint density at radius 1 is 1.27 bits per heavy atom. The molecule has 1 aliphatic heterocycles. The van der Waals surface area contributed by atoms with Crippen LogP contribution in [0, 0.1) is 0 Å². The predicted molar refractivity (Wildman–Crippen MR) is 95.8 cm³/mol. The molecular weight excluding hydrogens is 330 g/mol. The fourth-order valence-corrected chi connectivity index (χ4v) is 3.21. The number of hydrogen-bond donors (Lipinski definition) is 1. The third-order valence-electron chi connectivity index (χ3n) is 4.71. The van der Waals surface area contributed by atoms with Crippen LogP contribution in [-0.2, 0) is 19.9 Å². The normalized spacial score (nSPS) is 22.3. The zero-order valence-electron chi connectivity index (χ0n) is 14.4. The van der Waals surface area contributed by atoms with Crippen LogP contribution < -0.4 is 0 Å². The first-order valence-electron chi connectivity index (χ1n) is 8.65. The number of aromatic amines is 1. The number of nitrogens with one attached hydrogen (secondary N) is 1. The number of hydrogen-bond acceptors (Lipinski definition) is 5. The van der Waals surface area contributed by atoms with Gasteiger partial charge in [0.1, 0.15) is 5.69 Å². The van der Waals surface area contributed by atoms with Gasteiger partial charge in [-0.05, 0) is 31.1 Å². The third kappa shape index (κ3) is 2.87. The van der Waals surface area contributed by atoms with E-state index < -0.39 is 17.6 Å². The molecule has 2 aliphatic rings. The summed E-state index contributed by atoms with van der Waals surface area (Å²) in [6, 6.07) is 10.9. The summed E-state index contributed by atoms with van der Waals surface area (Å²) in [5.74, 6) is -0.372. The number of benzene rings is 1. The SMILES string of the molecule is CC(=O)O[C@H](C(=O)C1(c2cc(C3CC3)[nH]n2)C=CC=N1)c1ccccc1. The van der Waals surface area contributed by atoms with Gasteiger partial charge in [-0.2, -0.15) is 5.10 Å². The number of esters is 1. The van der Waals surface area contributed by atoms with E-state index in [1.54, 1.807) is 42.6 Å². The molecular formula is C20H19N3O3. The maximum absolute atomic E-state index is 13.5.